The molecule has 1 heterocycles. The number of nitrogens with zero attached hydrogens (tertiary/aromatic N) is 2. The predicted molar refractivity (Wildman–Crippen MR) is 52.2 cm³/mol. The molecular formula is C7H9N3O3S. The van der Waals surface area contributed by atoms with Crippen LogP contribution in [0.2, 0.25) is 0 Å². The number of hydrogen-bond donors (Lipinski definition) is 1. The van der Waals surface area contributed by atoms with Gasteiger partial charge >= 0.3 is 5.97 Å². The van der Waals surface area contributed by atoms with Gasteiger partial charge in [-0.2, -0.15) is 4.37 Å². The van der Waals surface area contributed by atoms with Crippen molar-refractivity contribution < 1.29 is 9.53 Å². The molecular weight excluding hydrogens is 206 g/mol. The smallest absolute Gasteiger partial charge is 0.343 e. The van der Waals surface area contributed by atoms with Crippen molar-refractivity contribution in [2.45, 2.75) is 13.8 Å². The van der Waals surface area contributed by atoms with E-state index in [0.29, 0.717) is 10.7 Å². The first kappa shape index (κ1) is 10.6. The number of hydrogen-bond acceptors (Lipinski definition) is 6. The highest BCUT2D eigenvalue weighted by atomic mass is 32.1. The summed E-state index contributed by atoms with van der Waals surface area (Å²) in [6.45, 7) is 3.65. The summed E-state index contributed by atoms with van der Waals surface area (Å²) in [4.78, 5) is 21.4. The second-order valence-electron chi connectivity index (χ2n) is 2.40. The van der Waals surface area contributed by atoms with Crippen molar-refractivity contribution in [2.24, 2.45) is 5.29 Å². The Morgan fingerprint density at radius 3 is 3.00 bits per heavy atom. The number of nitrogens with one attached hydrogen (secondary N) is 1. The first-order chi connectivity index (χ1) is 6.70. The number of nitroso groups, excluding NO2 is 1. The molecule has 0 saturated carbocycles. The van der Waals surface area contributed by atoms with E-state index in [4.69, 9.17) is 4.74 Å². The van der Waals surface area contributed by atoms with Gasteiger partial charge in [-0.3, -0.25) is 0 Å². The van der Waals surface area contributed by atoms with E-state index in [1.54, 1.807) is 13.8 Å². The number of aryl methyl sites for hydroxylation is 1. The van der Waals surface area contributed by atoms with Crippen molar-refractivity contribution in [3.05, 3.63) is 16.2 Å². The molecule has 0 radical (unpaired) electrons. The van der Waals surface area contributed by atoms with Crippen LogP contribution in [0.4, 0.5) is 5.00 Å². The summed E-state index contributed by atoms with van der Waals surface area (Å²) in [5.41, 5.74) is 2.96. The van der Waals surface area contributed by atoms with Crippen molar-refractivity contribution in [3.63, 3.8) is 0 Å². The summed E-state index contributed by atoms with van der Waals surface area (Å²) < 4.78 is 8.72. The van der Waals surface area contributed by atoms with Crippen molar-refractivity contribution in [3.8, 4) is 0 Å². The largest absolute Gasteiger partial charge is 0.462 e. The van der Waals surface area contributed by atoms with Crippen LogP contribution in [0.3, 0.4) is 0 Å². The van der Waals surface area contributed by atoms with Gasteiger partial charge in [0.25, 0.3) is 0 Å². The number of ether oxygens (including phenoxy) is 1. The summed E-state index contributed by atoms with van der Waals surface area (Å²) in [6.07, 6.45) is 0. The molecule has 0 fully saturated rings. The number of rotatable bonds is 4. The van der Waals surface area contributed by atoms with E-state index in [1.165, 1.54) is 0 Å². The van der Waals surface area contributed by atoms with Crippen LogP contribution in [0.1, 0.15) is 23.0 Å². The second-order valence-corrected chi connectivity index (χ2v) is 3.17. The molecule has 1 rings (SSSR count). The lowest BCUT2D eigenvalue weighted by molar-refractivity contribution is 0.0527. The lowest BCUT2D eigenvalue weighted by atomic mass is 10.2. The average molecular weight is 215 g/mol. The van der Waals surface area contributed by atoms with E-state index in [1.807, 2.05) is 0 Å². The monoisotopic (exact) mass is 215 g/mol. The fourth-order valence-corrected chi connectivity index (χ4v) is 1.65. The Morgan fingerprint density at radius 2 is 2.43 bits per heavy atom. The highest BCUT2D eigenvalue weighted by Crippen LogP contribution is 2.25. The van der Waals surface area contributed by atoms with Gasteiger partial charge in [0.15, 0.2) is 0 Å². The van der Waals surface area contributed by atoms with Crippen LogP contribution in [0.15, 0.2) is 5.29 Å². The van der Waals surface area contributed by atoms with Gasteiger partial charge in [-0.25, -0.2) is 10.2 Å². The lowest BCUT2D eigenvalue weighted by Crippen LogP contribution is -2.07. The zero-order chi connectivity index (χ0) is 10.6. The van der Waals surface area contributed by atoms with Crippen molar-refractivity contribution in [1.29, 1.82) is 0 Å². The Bertz CT molecular complexity index is 350. The summed E-state index contributed by atoms with van der Waals surface area (Å²) in [5.74, 6) is -0.495. The minimum Gasteiger partial charge on any atom is -0.462 e. The Hall–Kier alpha value is -1.50. The van der Waals surface area contributed by atoms with Crippen molar-refractivity contribution >= 4 is 22.5 Å². The number of aromatic nitrogens is 1. The van der Waals surface area contributed by atoms with Crippen molar-refractivity contribution in [1.82, 2.24) is 4.37 Å². The van der Waals surface area contributed by atoms with Gasteiger partial charge < -0.3 is 4.74 Å². The molecule has 0 aliphatic carbocycles. The molecule has 0 amide bonds. The Balaban J connectivity index is 2.97. The molecule has 1 N–H and O–H groups in total. The molecule has 0 unspecified atom stereocenters. The van der Waals surface area contributed by atoms with Crippen LogP contribution in [-0.2, 0) is 4.74 Å². The van der Waals surface area contributed by atoms with Crippen LogP contribution >= 0.6 is 11.5 Å². The second kappa shape index (κ2) is 4.66. The van der Waals surface area contributed by atoms with Crippen LogP contribution in [-0.4, -0.2) is 16.9 Å². The number of carbonyl (C=O) groups excluding carboxylic acids is 1. The Morgan fingerprint density at radius 1 is 1.71 bits per heavy atom. The van der Waals surface area contributed by atoms with E-state index in [-0.39, 0.29) is 12.2 Å². The molecule has 0 atom stereocenters. The number of anilines is 1. The molecule has 14 heavy (non-hydrogen) atoms. The minimum absolute atomic E-state index is 0.274. The zero-order valence-corrected chi connectivity index (χ0v) is 8.55. The molecule has 6 nitrogen and oxygen atoms in total. The van der Waals surface area contributed by atoms with Gasteiger partial charge in [0.2, 0.25) is 0 Å². The third kappa shape index (κ3) is 2.05. The maximum Gasteiger partial charge on any atom is 0.343 e. The Kier molecular flexibility index (Phi) is 3.52. The zero-order valence-electron chi connectivity index (χ0n) is 7.73. The highest BCUT2D eigenvalue weighted by molar-refractivity contribution is 7.10. The molecule has 0 aliphatic rings. The molecule has 76 valence electrons. The molecule has 1 aromatic heterocycles. The molecule has 0 spiro atoms. The van der Waals surface area contributed by atoms with Crippen LogP contribution in [0.5, 0.6) is 0 Å². The fourth-order valence-electron chi connectivity index (χ4n) is 0.931. The first-order valence-corrected chi connectivity index (χ1v) is 4.69. The third-order valence-corrected chi connectivity index (χ3v) is 2.33. The van der Waals surface area contributed by atoms with Crippen LogP contribution in [0.25, 0.3) is 0 Å². The maximum absolute atomic E-state index is 11.4. The third-order valence-electron chi connectivity index (χ3n) is 1.49. The van der Waals surface area contributed by atoms with Gasteiger partial charge in [0.05, 0.1) is 17.6 Å². The quantitative estimate of drug-likeness (QED) is 0.470. The van der Waals surface area contributed by atoms with E-state index < -0.39 is 5.97 Å². The molecule has 0 saturated heterocycles. The SMILES string of the molecule is CCOC(=O)c1c(C)nsc1NN=O. The summed E-state index contributed by atoms with van der Waals surface area (Å²) in [5, 5.41) is 2.80. The Labute approximate surface area is 84.4 Å². The van der Waals surface area contributed by atoms with Gasteiger partial charge in [-0.05, 0) is 25.4 Å². The predicted octanol–water partition coefficient (Wildman–Crippen LogP) is 1.72. The van der Waals surface area contributed by atoms with E-state index in [9.17, 15) is 9.70 Å². The molecule has 0 aliphatic heterocycles. The molecule has 0 aromatic carbocycles. The van der Waals surface area contributed by atoms with E-state index in [2.05, 4.69) is 15.1 Å². The maximum atomic E-state index is 11.4. The van der Waals surface area contributed by atoms with E-state index in [0.717, 1.165) is 11.5 Å². The highest BCUT2D eigenvalue weighted by Gasteiger charge is 2.19. The fraction of sp³-hybridized carbons (Fsp3) is 0.429. The molecule has 1 aromatic rings. The lowest BCUT2D eigenvalue weighted by Gasteiger charge is -2.01. The molecule has 7 heteroatoms. The molecule has 0 bridgehead atoms. The minimum atomic E-state index is -0.495. The van der Waals surface area contributed by atoms with Gasteiger partial charge in [0, 0.05) is 0 Å². The topological polar surface area (TPSA) is 80.7 Å². The van der Waals surface area contributed by atoms with Gasteiger partial charge in [-0.15, -0.1) is 4.91 Å². The van der Waals surface area contributed by atoms with Crippen molar-refractivity contribution in [2.75, 3.05) is 12.0 Å². The number of carbonyl (C=O) groups is 1. The van der Waals surface area contributed by atoms with Gasteiger partial charge in [0.1, 0.15) is 10.6 Å². The first-order valence-electron chi connectivity index (χ1n) is 3.92. The summed E-state index contributed by atoms with van der Waals surface area (Å²) in [7, 11) is 0. The van der Waals surface area contributed by atoms with Gasteiger partial charge in [-0.1, -0.05) is 0 Å². The summed E-state index contributed by atoms with van der Waals surface area (Å²) >= 11 is 0.999. The van der Waals surface area contributed by atoms with Crippen LogP contribution < -0.4 is 5.43 Å². The normalized spacial score (nSPS) is 9.57. The average Bonchev–Trinajstić information content (AvgIpc) is 2.48. The summed E-state index contributed by atoms with van der Waals surface area (Å²) in [6, 6.07) is 0. The van der Waals surface area contributed by atoms with E-state index >= 15 is 0 Å². The number of esters is 1. The van der Waals surface area contributed by atoms with Crippen LogP contribution in [0, 0.1) is 11.8 Å². The standard InChI is InChI=1S/C7H9N3O3S/c1-3-13-7(11)5-4(2)9-14-6(5)8-10-12/h3H2,1-2H3,(H,8,12).